The van der Waals surface area contributed by atoms with Gasteiger partial charge in [-0.15, -0.1) is 10.2 Å². The molecule has 3 heterocycles. The highest BCUT2D eigenvalue weighted by Crippen LogP contribution is 2.33. The van der Waals surface area contributed by atoms with Crippen molar-refractivity contribution in [2.45, 2.75) is 25.6 Å². The third-order valence-electron chi connectivity index (χ3n) is 4.72. The van der Waals surface area contributed by atoms with Gasteiger partial charge in [0.25, 0.3) is 0 Å². The number of anilines is 1. The van der Waals surface area contributed by atoms with Crippen LogP contribution in [0.2, 0.25) is 0 Å². The van der Waals surface area contributed by atoms with Gasteiger partial charge in [0.1, 0.15) is 5.82 Å². The predicted octanol–water partition coefficient (Wildman–Crippen LogP) is 2.93. The Morgan fingerprint density at radius 1 is 1.08 bits per heavy atom. The van der Waals surface area contributed by atoms with Crippen LogP contribution in [0.25, 0.3) is 11.3 Å². The Morgan fingerprint density at radius 3 is 2.50 bits per heavy atom. The number of ether oxygens (including phenoxy) is 2. The van der Waals surface area contributed by atoms with Gasteiger partial charge in [-0.25, -0.2) is 4.39 Å². The molecule has 1 aromatic heterocycles. The third kappa shape index (κ3) is 2.87. The molecule has 1 aromatic carbocycles. The number of nitrogens with zero attached hydrogens (tertiary/aromatic N) is 3. The van der Waals surface area contributed by atoms with Gasteiger partial charge in [0.05, 0.1) is 18.9 Å². The van der Waals surface area contributed by atoms with Crippen LogP contribution in [0.1, 0.15) is 18.4 Å². The molecule has 0 N–H and O–H groups in total. The predicted molar refractivity (Wildman–Crippen MR) is 88.2 cm³/mol. The summed E-state index contributed by atoms with van der Waals surface area (Å²) in [6.07, 6.45) is 1.67. The Balaban J connectivity index is 1.53. The van der Waals surface area contributed by atoms with Crippen LogP contribution in [-0.4, -0.2) is 42.3 Å². The SMILES string of the molecule is Cc1cc(-c2cccc(F)c2)nnc1N1CCC2(CC1)OCCO2. The molecular weight excluding hydrogens is 309 g/mol. The largest absolute Gasteiger partial charge is 0.355 e. The average molecular weight is 329 g/mol. The van der Waals surface area contributed by atoms with Gasteiger partial charge in [-0.2, -0.15) is 0 Å². The molecule has 0 saturated carbocycles. The summed E-state index contributed by atoms with van der Waals surface area (Å²) >= 11 is 0. The Hall–Kier alpha value is -2.05. The Morgan fingerprint density at radius 2 is 1.83 bits per heavy atom. The highest BCUT2D eigenvalue weighted by atomic mass is 19.1. The van der Waals surface area contributed by atoms with Gasteiger partial charge < -0.3 is 14.4 Å². The molecule has 1 spiro atoms. The zero-order chi connectivity index (χ0) is 16.6. The lowest BCUT2D eigenvalue weighted by molar-refractivity contribution is -0.169. The van der Waals surface area contributed by atoms with Crippen molar-refractivity contribution >= 4 is 5.82 Å². The first-order chi connectivity index (χ1) is 11.7. The summed E-state index contributed by atoms with van der Waals surface area (Å²) < 4.78 is 24.9. The minimum atomic E-state index is -0.390. The molecule has 24 heavy (non-hydrogen) atoms. The molecule has 2 aliphatic rings. The number of aryl methyl sites for hydroxylation is 1. The van der Waals surface area contributed by atoms with E-state index >= 15 is 0 Å². The molecule has 6 heteroatoms. The van der Waals surface area contributed by atoms with Gasteiger partial charge in [0.15, 0.2) is 11.6 Å². The summed E-state index contributed by atoms with van der Waals surface area (Å²) in [5.74, 6) is 0.219. The van der Waals surface area contributed by atoms with Crippen molar-refractivity contribution in [1.29, 1.82) is 0 Å². The zero-order valence-corrected chi connectivity index (χ0v) is 13.7. The van der Waals surface area contributed by atoms with Gasteiger partial charge in [-0.1, -0.05) is 12.1 Å². The van der Waals surface area contributed by atoms with Crippen LogP contribution in [-0.2, 0) is 9.47 Å². The van der Waals surface area contributed by atoms with Crippen LogP contribution in [0, 0.1) is 12.7 Å². The van der Waals surface area contributed by atoms with Crippen molar-refractivity contribution in [3.05, 3.63) is 41.7 Å². The number of halogens is 1. The van der Waals surface area contributed by atoms with E-state index in [0.29, 0.717) is 18.9 Å². The summed E-state index contributed by atoms with van der Waals surface area (Å²) in [5, 5.41) is 8.69. The Labute approximate surface area is 140 Å². The number of hydrogen-bond acceptors (Lipinski definition) is 5. The quantitative estimate of drug-likeness (QED) is 0.848. The van der Waals surface area contributed by atoms with Crippen molar-refractivity contribution in [1.82, 2.24) is 10.2 Å². The van der Waals surface area contributed by atoms with Crippen LogP contribution < -0.4 is 4.90 Å². The molecule has 0 bridgehead atoms. The summed E-state index contributed by atoms with van der Waals surface area (Å²) in [6, 6.07) is 8.38. The number of benzene rings is 1. The molecule has 0 aliphatic carbocycles. The standard InChI is InChI=1S/C18H20FN3O2/c1-13-11-16(14-3-2-4-15(19)12-14)20-21-17(13)22-7-5-18(6-8-22)23-9-10-24-18/h2-4,11-12H,5-10H2,1H3. The van der Waals surface area contributed by atoms with E-state index in [1.165, 1.54) is 12.1 Å². The second-order valence-electron chi connectivity index (χ2n) is 6.34. The normalized spacial score (nSPS) is 19.8. The van der Waals surface area contributed by atoms with E-state index < -0.39 is 0 Å². The molecular formula is C18H20FN3O2. The van der Waals surface area contributed by atoms with Crippen molar-refractivity contribution in [3.63, 3.8) is 0 Å². The lowest BCUT2D eigenvalue weighted by Crippen LogP contribution is -2.45. The molecule has 4 rings (SSSR count). The van der Waals surface area contributed by atoms with Crippen molar-refractivity contribution in [2.24, 2.45) is 0 Å². The Kier molecular flexibility index (Phi) is 3.94. The highest BCUT2D eigenvalue weighted by Gasteiger charge is 2.40. The summed E-state index contributed by atoms with van der Waals surface area (Å²) in [4.78, 5) is 2.22. The average Bonchev–Trinajstić information content (AvgIpc) is 3.04. The molecule has 2 aliphatic heterocycles. The minimum Gasteiger partial charge on any atom is -0.355 e. The Bertz CT molecular complexity index is 737. The van der Waals surface area contributed by atoms with Crippen LogP contribution in [0.5, 0.6) is 0 Å². The molecule has 0 atom stereocenters. The number of rotatable bonds is 2. The van der Waals surface area contributed by atoms with Crippen molar-refractivity contribution in [2.75, 3.05) is 31.2 Å². The van der Waals surface area contributed by atoms with E-state index in [1.807, 2.05) is 19.1 Å². The molecule has 2 fully saturated rings. The molecule has 126 valence electrons. The van der Waals surface area contributed by atoms with E-state index in [9.17, 15) is 4.39 Å². The first-order valence-electron chi connectivity index (χ1n) is 8.28. The highest BCUT2D eigenvalue weighted by molar-refractivity contribution is 5.62. The fourth-order valence-corrected chi connectivity index (χ4v) is 3.43. The van der Waals surface area contributed by atoms with Crippen LogP contribution in [0.15, 0.2) is 30.3 Å². The van der Waals surface area contributed by atoms with Crippen LogP contribution >= 0.6 is 0 Å². The maximum atomic E-state index is 13.4. The molecule has 5 nitrogen and oxygen atoms in total. The maximum absolute atomic E-state index is 13.4. The fraction of sp³-hybridized carbons (Fsp3) is 0.444. The molecule has 0 amide bonds. The second kappa shape index (κ2) is 6.11. The van der Waals surface area contributed by atoms with Crippen LogP contribution in [0.4, 0.5) is 10.2 Å². The van der Waals surface area contributed by atoms with E-state index in [2.05, 4.69) is 15.1 Å². The molecule has 2 saturated heterocycles. The molecule has 2 aromatic rings. The van der Waals surface area contributed by atoms with E-state index in [4.69, 9.17) is 9.47 Å². The minimum absolute atomic E-state index is 0.270. The first-order valence-corrected chi connectivity index (χ1v) is 8.28. The lowest BCUT2D eigenvalue weighted by Gasteiger charge is -2.38. The topological polar surface area (TPSA) is 47.5 Å². The second-order valence-corrected chi connectivity index (χ2v) is 6.34. The van der Waals surface area contributed by atoms with Crippen molar-refractivity contribution < 1.29 is 13.9 Å². The number of aromatic nitrogens is 2. The fourth-order valence-electron chi connectivity index (χ4n) is 3.43. The summed E-state index contributed by atoms with van der Waals surface area (Å²) in [6.45, 7) is 5.03. The third-order valence-corrected chi connectivity index (χ3v) is 4.72. The van der Waals surface area contributed by atoms with Crippen LogP contribution in [0.3, 0.4) is 0 Å². The smallest absolute Gasteiger partial charge is 0.171 e. The van der Waals surface area contributed by atoms with E-state index in [-0.39, 0.29) is 11.6 Å². The molecule has 0 unspecified atom stereocenters. The van der Waals surface area contributed by atoms with Gasteiger partial charge >= 0.3 is 0 Å². The lowest BCUT2D eigenvalue weighted by atomic mass is 10.0. The van der Waals surface area contributed by atoms with Gasteiger partial charge in [0, 0.05) is 31.5 Å². The molecule has 0 radical (unpaired) electrons. The van der Waals surface area contributed by atoms with Gasteiger partial charge in [-0.05, 0) is 30.7 Å². The van der Waals surface area contributed by atoms with Gasteiger partial charge in [-0.3, -0.25) is 0 Å². The summed E-state index contributed by atoms with van der Waals surface area (Å²) in [5.41, 5.74) is 2.46. The van der Waals surface area contributed by atoms with Crippen molar-refractivity contribution in [3.8, 4) is 11.3 Å². The number of hydrogen-bond donors (Lipinski definition) is 0. The summed E-state index contributed by atoms with van der Waals surface area (Å²) in [7, 11) is 0. The van der Waals surface area contributed by atoms with E-state index in [1.54, 1.807) is 6.07 Å². The first kappa shape index (κ1) is 15.5. The number of piperidine rings is 1. The van der Waals surface area contributed by atoms with E-state index in [0.717, 1.165) is 42.9 Å². The monoisotopic (exact) mass is 329 g/mol. The van der Waals surface area contributed by atoms with Gasteiger partial charge in [0.2, 0.25) is 0 Å². The maximum Gasteiger partial charge on any atom is 0.171 e. The zero-order valence-electron chi connectivity index (χ0n) is 13.7.